The third-order valence-electron chi connectivity index (χ3n) is 5.94. The zero-order valence-corrected chi connectivity index (χ0v) is 16.7. The average Bonchev–Trinajstić information content (AvgIpc) is 3.34. The van der Waals surface area contributed by atoms with E-state index in [-0.39, 0.29) is 12.1 Å². The van der Waals surface area contributed by atoms with E-state index in [1.165, 1.54) is 16.8 Å². The van der Waals surface area contributed by atoms with Crippen LogP contribution < -0.4 is 10.2 Å². The van der Waals surface area contributed by atoms with Crippen LogP contribution in [0.3, 0.4) is 0 Å². The molecule has 3 aromatic rings. The summed E-state index contributed by atoms with van der Waals surface area (Å²) in [5, 5.41) is 17.3. The van der Waals surface area contributed by atoms with Gasteiger partial charge in [-0.3, -0.25) is 0 Å². The summed E-state index contributed by atoms with van der Waals surface area (Å²) in [7, 11) is 0. The summed E-state index contributed by atoms with van der Waals surface area (Å²) in [6.07, 6.45) is 4.34. The van der Waals surface area contributed by atoms with E-state index in [1.54, 1.807) is 17.2 Å². The van der Waals surface area contributed by atoms with E-state index in [0.29, 0.717) is 48.6 Å². The lowest BCUT2D eigenvalue weighted by Crippen LogP contribution is -2.48. The molecule has 31 heavy (non-hydrogen) atoms. The minimum Gasteiger partial charge on any atom is -0.369 e. The zero-order valence-electron chi connectivity index (χ0n) is 16.7. The van der Waals surface area contributed by atoms with Crippen LogP contribution in [0, 0.1) is 11.6 Å². The number of aliphatic hydroxyl groups excluding tert-OH is 1. The molecule has 2 aromatic heterocycles. The lowest BCUT2D eigenvalue weighted by molar-refractivity contribution is 0.114. The monoisotopic (exact) mass is 428 g/mol. The Bertz CT molecular complexity index is 1130. The molecular weight excluding hydrogens is 406 g/mol. The molecule has 0 spiro atoms. The van der Waals surface area contributed by atoms with Gasteiger partial charge in [0.15, 0.2) is 11.9 Å². The minimum absolute atomic E-state index is 0.301. The van der Waals surface area contributed by atoms with Crippen LogP contribution >= 0.6 is 0 Å². The van der Waals surface area contributed by atoms with Crippen LogP contribution in [0.4, 0.5) is 19.4 Å². The normalized spacial score (nSPS) is 19.5. The van der Waals surface area contributed by atoms with Crippen LogP contribution in [0.5, 0.6) is 0 Å². The third kappa shape index (κ3) is 3.56. The van der Waals surface area contributed by atoms with Crippen molar-refractivity contribution in [2.45, 2.75) is 31.5 Å². The van der Waals surface area contributed by atoms with Gasteiger partial charge in [0.1, 0.15) is 17.5 Å². The van der Waals surface area contributed by atoms with Crippen molar-refractivity contribution in [3.05, 3.63) is 59.4 Å². The molecule has 2 saturated heterocycles. The Balaban J connectivity index is 1.44. The molecule has 0 bridgehead atoms. The molecule has 5 rings (SSSR count). The predicted molar refractivity (Wildman–Crippen MR) is 108 cm³/mol. The molecule has 0 aliphatic carbocycles. The van der Waals surface area contributed by atoms with Gasteiger partial charge in [0.2, 0.25) is 0 Å². The van der Waals surface area contributed by atoms with Crippen molar-refractivity contribution in [2.24, 2.45) is 0 Å². The molecule has 8 nitrogen and oxygen atoms in total. The number of carbonyl (C=O) groups excluding carboxylic acids is 1. The Morgan fingerprint density at radius 3 is 2.81 bits per heavy atom. The number of nitrogens with one attached hydrogen (secondary N) is 1. The quantitative estimate of drug-likeness (QED) is 0.624. The standard InChI is InChI=1S/C21H22F2N6O2/c22-13-4-5-16(23)14(11-13)17-3-1-9-28(17)18-6-10-29-19(25-18)15(12-24-29)20(30)26-21(31)27-7-2-8-27/h4-6,10-12,17,20,30H,1-3,7-9H2,(H,26,31). The molecule has 2 aliphatic rings. The van der Waals surface area contributed by atoms with Crippen molar-refractivity contribution in [1.29, 1.82) is 0 Å². The molecule has 2 N–H and O–H groups in total. The van der Waals surface area contributed by atoms with E-state index in [0.717, 1.165) is 25.0 Å². The van der Waals surface area contributed by atoms with Crippen molar-refractivity contribution in [3.8, 4) is 0 Å². The van der Waals surface area contributed by atoms with Crippen molar-refractivity contribution in [1.82, 2.24) is 24.8 Å². The van der Waals surface area contributed by atoms with Crippen LogP contribution in [0.25, 0.3) is 5.65 Å². The summed E-state index contributed by atoms with van der Waals surface area (Å²) in [4.78, 5) is 20.3. The summed E-state index contributed by atoms with van der Waals surface area (Å²) in [6.45, 7) is 1.98. The van der Waals surface area contributed by atoms with E-state index in [2.05, 4.69) is 15.4 Å². The molecule has 10 heteroatoms. The second kappa shape index (κ2) is 7.77. The van der Waals surface area contributed by atoms with Gasteiger partial charge < -0.3 is 20.2 Å². The Morgan fingerprint density at radius 1 is 1.19 bits per heavy atom. The first kappa shape index (κ1) is 19.7. The van der Waals surface area contributed by atoms with Gasteiger partial charge >= 0.3 is 6.03 Å². The summed E-state index contributed by atoms with van der Waals surface area (Å²) >= 11 is 0. The zero-order chi connectivity index (χ0) is 21.5. The number of urea groups is 1. The SMILES string of the molecule is O=C(NC(O)c1cnn2ccc(N3CCCC3c3cc(F)ccc3F)nc12)N1CCC1. The number of rotatable bonds is 4. The first-order valence-corrected chi connectivity index (χ1v) is 10.3. The number of anilines is 1. The van der Waals surface area contributed by atoms with Crippen molar-refractivity contribution in [3.63, 3.8) is 0 Å². The molecule has 2 atom stereocenters. The van der Waals surface area contributed by atoms with Gasteiger partial charge in [-0.15, -0.1) is 0 Å². The van der Waals surface area contributed by atoms with Crippen LogP contribution in [0.1, 0.15) is 42.7 Å². The lowest BCUT2D eigenvalue weighted by atomic mass is 10.0. The van der Waals surface area contributed by atoms with Gasteiger partial charge in [-0.1, -0.05) is 0 Å². The van der Waals surface area contributed by atoms with Crippen molar-refractivity contribution >= 4 is 17.5 Å². The molecular formula is C21H22F2N6O2. The number of nitrogens with zero attached hydrogens (tertiary/aromatic N) is 5. The summed E-state index contributed by atoms with van der Waals surface area (Å²) in [5.74, 6) is -0.360. The average molecular weight is 428 g/mol. The topological polar surface area (TPSA) is 86.0 Å². The van der Waals surface area contributed by atoms with Gasteiger partial charge in [-0.05, 0) is 43.5 Å². The van der Waals surface area contributed by atoms with E-state index < -0.39 is 17.9 Å². The highest BCUT2D eigenvalue weighted by Crippen LogP contribution is 2.37. The van der Waals surface area contributed by atoms with E-state index in [9.17, 15) is 18.7 Å². The number of likely N-dealkylation sites (tertiary alicyclic amines) is 1. The molecule has 0 radical (unpaired) electrons. The molecule has 0 saturated carbocycles. The molecule has 1 aromatic carbocycles. The number of benzene rings is 1. The number of fused-ring (bicyclic) bond motifs is 1. The summed E-state index contributed by atoms with van der Waals surface area (Å²) in [6, 6.07) is 4.56. The van der Waals surface area contributed by atoms with Crippen molar-refractivity contribution < 1.29 is 18.7 Å². The number of aromatic nitrogens is 3. The Hall–Kier alpha value is -3.27. The van der Waals surface area contributed by atoms with Gasteiger partial charge in [0, 0.05) is 31.4 Å². The number of amides is 2. The predicted octanol–water partition coefficient (Wildman–Crippen LogP) is 2.76. The highest BCUT2D eigenvalue weighted by Gasteiger charge is 2.30. The largest absolute Gasteiger partial charge is 0.369 e. The number of carbonyl (C=O) groups is 1. The molecule has 162 valence electrons. The maximum absolute atomic E-state index is 14.4. The highest BCUT2D eigenvalue weighted by atomic mass is 19.1. The smallest absolute Gasteiger partial charge is 0.319 e. The Labute approximate surface area is 177 Å². The summed E-state index contributed by atoms with van der Waals surface area (Å²) in [5.41, 5.74) is 1.05. The molecule has 2 unspecified atom stereocenters. The fourth-order valence-electron chi connectivity index (χ4n) is 4.17. The van der Waals surface area contributed by atoms with Crippen LogP contribution in [0.2, 0.25) is 0 Å². The number of hydrogen-bond acceptors (Lipinski definition) is 5. The summed E-state index contributed by atoms with van der Waals surface area (Å²) < 4.78 is 29.7. The third-order valence-corrected chi connectivity index (χ3v) is 5.94. The van der Waals surface area contributed by atoms with Gasteiger partial charge in [-0.25, -0.2) is 23.1 Å². The van der Waals surface area contributed by atoms with Crippen LogP contribution in [0.15, 0.2) is 36.7 Å². The minimum atomic E-state index is -1.26. The fraction of sp³-hybridized carbons (Fsp3) is 0.381. The molecule has 2 aliphatic heterocycles. The lowest BCUT2D eigenvalue weighted by Gasteiger charge is -2.31. The number of halogens is 2. The highest BCUT2D eigenvalue weighted by molar-refractivity contribution is 5.75. The van der Waals surface area contributed by atoms with Gasteiger partial charge in [0.25, 0.3) is 0 Å². The van der Waals surface area contributed by atoms with Gasteiger partial charge in [-0.2, -0.15) is 5.10 Å². The van der Waals surface area contributed by atoms with Crippen LogP contribution in [-0.2, 0) is 0 Å². The van der Waals surface area contributed by atoms with E-state index >= 15 is 0 Å². The van der Waals surface area contributed by atoms with Gasteiger partial charge in [0.05, 0.1) is 17.8 Å². The maximum Gasteiger partial charge on any atom is 0.319 e. The van der Waals surface area contributed by atoms with E-state index in [1.807, 2.05) is 4.90 Å². The molecule has 2 amide bonds. The molecule has 2 fully saturated rings. The Kier molecular flexibility index (Phi) is 4.93. The second-order valence-corrected chi connectivity index (χ2v) is 7.86. The van der Waals surface area contributed by atoms with E-state index in [4.69, 9.17) is 0 Å². The first-order chi connectivity index (χ1) is 15.0. The fourth-order valence-corrected chi connectivity index (χ4v) is 4.17. The number of hydrogen-bond donors (Lipinski definition) is 2. The Morgan fingerprint density at radius 2 is 2.03 bits per heavy atom. The van der Waals surface area contributed by atoms with Crippen molar-refractivity contribution in [2.75, 3.05) is 24.5 Å². The second-order valence-electron chi connectivity index (χ2n) is 7.86. The number of aliphatic hydroxyl groups is 1. The first-order valence-electron chi connectivity index (χ1n) is 10.3. The molecule has 4 heterocycles. The maximum atomic E-state index is 14.4. The van der Waals surface area contributed by atoms with Crippen LogP contribution in [-0.4, -0.2) is 50.3 Å².